The molecule has 0 aliphatic heterocycles. The average Bonchev–Trinajstić information content (AvgIpc) is 1.98. The van der Waals surface area contributed by atoms with Crippen LogP contribution in [0.4, 0.5) is 0 Å². The first-order valence-electron chi connectivity index (χ1n) is 3.43. The van der Waals surface area contributed by atoms with Crippen molar-refractivity contribution >= 4 is 0 Å². The molecular formula is C7H14N2O. The smallest absolute Gasteiger partial charge is 0.0946 e. The highest BCUT2D eigenvalue weighted by Crippen LogP contribution is 1.93. The third-order valence-corrected chi connectivity index (χ3v) is 1.52. The van der Waals surface area contributed by atoms with E-state index >= 15 is 0 Å². The second-order valence-electron chi connectivity index (χ2n) is 2.36. The maximum absolute atomic E-state index is 8.46. The molecule has 0 saturated carbocycles. The Kier molecular flexibility index (Phi) is 4.91. The lowest BCUT2D eigenvalue weighted by atomic mass is 10.3. The van der Waals surface area contributed by atoms with Crippen molar-refractivity contribution in [2.75, 3.05) is 20.2 Å². The van der Waals surface area contributed by atoms with Crippen molar-refractivity contribution in [2.45, 2.75) is 19.4 Å². The van der Waals surface area contributed by atoms with E-state index in [1.54, 1.807) is 0 Å². The Morgan fingerprint density at radius 2 is 2.30 bits per heavy atom. The fraction of sp³-hybridized carbons (Fsp3) is 0.857. The van der Waals surface area contributed by atoms with Gasteiger partial charge in [-0.25, -0.2) is 0 Å². The molecule has 0 aromatic carbocycles. The van der Waals surface area contributed by atoms with E-state index in [9.17, 15) is 0 Å². The predicted molar refractivity (Wildman–Crippen MR) is 39.4 cm³/mol. The van der Waals surface area contributed by atoms with Gasteiger partial charge in [-0.2, -0.15) is 5.26 Å². The lowest BCUT2D eigenvalue weighted by Gasteiger charge is -2.17. The summed E-state index contributed by atoms with van der Waals surface area (Å²) in [6.45, 7) is 2.82. The number of aliphatic hydroxyl groups is 1. The zero-order chi connectivity index (χ0) is 7.98. The molecular weight excluding hydrogens is 128 g/mol. The van der Waals surface area contributed by atoms with Crippen LogP contribution in [-0.4, -0.2) is 36.2 Å². The average molecular weight is 142 g/mol. The number of hydrogen-bond donors (Lipinski definition) is 1. The number of hydrogen-bond acceptors (Lipinski definition) is 3. The van der Waals surface area contributed by atoms with Crippen LogP contribution in [0.5, 0.6) is 0 Å². The van der Waals surface area contributed by atoms with E-state index in [1.807, 2.05) is 18.9 Å². The minimum atomic E-state index is -0.0495. The molecule has 0 heterocycles. The lowest BCUT2D eigenvalue weighted by molar-refractivity contribution is 0.236. The molecule has 1 atom stereocenters. The van der Waals surface area contributed by atoms with Gasteiger partial charge in [-0.15, -0.1) is 0 Å². The van der Waals surface area contributed by atoms with E-state index in [0.29, 0.717) is 0 Å². The molecule has 10 heavy (non-hydrogen) atoms. The molecule has 0 spiro atoms. The van der Waals surface area contributed by atoms with E-state index in [0.717, 1.165) is 13.0 Å². The van der Waals surface area contributed by atoms with Crippen LogP contribution in [0.3, 0.4) is 0 Å². The third kappa shape index (κ3) is 3.44. The molecule has 1 N–H and O–H groups in total. The molecule has 58 valence electrons. The molecule has 0 saturated heterocycles. The Labute approximate surface area is 61.9 Å². The van der Waals surface area contributed by atoms with Crippen LogP contribution in [0, 0.1) is 11.3 Å². The first kappa shape index (κ1) is 9.41. The summed E-state index contributed by atoms with van der Waals surface area (Å²) in [4.78, 5) is 1.91. The van der Waals surface area contributed by atoms with Crippen LogP contribution in [0.2, 0.25) is 0 Å². The Morgan fingerprint density at radius 3 is 2.70 bits per heavy atom. The van der Waals surface area contributed by atoms with Gasteiger partial charge in [-0.1, -0.05) is 0 Å². The number of nitriles is 1. The summed E-state index contributed by atoms with van der Waals surface area (Å²) in [5, 5.41) is 16.9. The number of aliphatic hydroxyl groups excluding tert-OH is 1. The van der Waals surface area contributed by atoms with E-state index in [4.69, 9.17) is 10.4 Å². The third-order valence-electron chi connectivity index (χ3n) is 1.52. The molecule has 3 nitrogen and oxygen atoms in total. The SMILES string of the molecule is CC(C#N)N(C)CCCO. The second kappa shape index (κ2) is 5.21. The molecule has 0 aromatic heterocycles. The van der Waals surface area contributed by atoms with Gasteiger partial charge in [0.2, 0.25) is 0 Å². The van der Waals surface area contributed by atoms with Crippen molar-refractivity contribution < 1.29 is 5.11 Å². The second-order valence-corrected chi connectivity index (χ2v) is 2.36. The van der Waals surface area contributed by atoms with Gasteiger partial charge in [-0.05, 0) is 20.4 Å². The molecule has 0 radical (unpaired) electrons. The number of rotatable bonds is 4. The highest BCUT2D eigenvalue weighted by molar-refractivity contribution is 4.86. The first-order chi connectivity index (χ1) is 4.72. The molecule has 0 amide bonds. The highest BCUT2D eigenvalue weighted by Gasteiger charge is 2.04. The van der Waals surface area contributed by atoms with Gasteiger partial charge in [0.05, 0.1) is 12.1 Å². The van der Waals surface area contributed by atoms with Gasteiger partial charge >= 0.3 is 0 Å². The summed E-state index contributed by atoms with van der Waals surface area (Å²) >= 11 is 0. The predicted octanol–water partition coefficient (Wildman–Crippen LogP) is 0.213. The maximum atomic E-state index is 8.46. The van der Waals surface area contributed by atoms with Crippen LogP contribution in [0.25, 0.3) is 0 Å². The fourth-order valence-corrected chi connectivity index (χ4v) is 0.612. The quantitative estimate of drug-likeness (QED) is 0.610. The van der Waals surface area contributed by atoms with Crippen LogP contribution >= 0.6 is 0 Å². The van der Waals surface area contributed by atoms with Crippen molar-refractivity contribution in [2.24, 2.45) is 0 Å². The van der Waals surface area contributed by atoms with Gasteiger partial charge in [0.15, 0.2) is 0 Å². The molecule has 1 unspecified atom stereocenters. The van der Waals surface area contributed by atoms with Crippen molar-refractivity contribution in [3.63, 3.8) is 0 Å². The Hall–Kier alpha value is -0.590. The largest absolute Gasteiger partial charge is 0.396 e. The van der Waals surface area contributed by atoms with Crippen molar-refractivity contribution in [1.82, 2.24) is 4.90 Å². The summed E-state index contributed by atoms with van der Waals surface area (Å²) in [6.07, 6.45) is 0.739. The summed E-state index contributed by atoms with van der Waals surface area (Å²) < 4.78 is 0. The minimum absolute atomic E-state index is 0.0495. The van der Waals surface area contributed by atoms with Crippen LogP contribution in [0.1, 0.15) is 13.3 Å². The van der Waals surface area contributed by atoms with Gasteiger partial charge in [0, 0.05) is 13.2 Å². The molecule has 0 aromatic rings. The molecule has 0 aliphatic carbocycles. The van der Waals surface area contributed by atoms with E-state index in [-0.39, 0.29) is 12.6 Å². The maximum Gasteiger partial charge on any atom is 0.0946 e. The van der Waals surface area contributed by atoms with Gasteiger partial charge in [-0.3, -0.25) is 4.90 Å². The van der Waals surface area contributed by atoms with E-state index in [1.165, 1.54) is 0 Å². The Morgan fingerprint density at radius 1 is 1.70 bits per heavy atom. The summed E-state index contributed by atoms with van der Waals surface area (Å²) in [5.41, 5.74) is 0. The molecule has 3 heteroatoms. The standard InChI is InChI=1S/C7H14N2O/c1-7(6-8)9(2)4-3-5-10/h7,10H,3-5H2,1-2H3. The number of nitrogens with zero attached hydrogens (tertiary/aromatic N) is 2. The normalized spacial score (nSPS) is 13.1. The van der Waals surface area contributed by atoms with Crippen LogP contribution in [-0.2, 0) is 0 Å². The Bertz CT molecular complexity index is 119. The summed E-state index contributed by atoms with van der Waals surface area (Å²) in [7, 11) is 1.88. The molecule has 0 bridgehead atoms. The minimum Gasteiger partial charge on any atom is -0.396 e. The monoisotopic (exact) mass is 142 g/mol. The van der Waals surface area contributed by atoms with Crippen molar-refractivity contribution in [3.05, 3.63) is 0 Å². The molecule has 0 rings (SSSR count). The fourth-order valence-electron chi connectivity index (χ4n) is 0.612. The van der Waals surface area contributed by atoms with E-state index in [2.05, 4.69) is 6.07 Å². The van der Waals surface area contributed by atoms with Crippen LogP contribution in [0.15, 0.2) is 0 Å². The van der Waals surface area contributed by atoms with Gasteiger partial charge in [0.25, 0.3) is 0 Å². The first-order valence-corrected chi connectivity index (χ1v) is 3.43. The van der Waals surface area contributed by atoms with E-state index < -0.39 is 0 Å². The highest BCUT2D eigenvalue weighted by atomic mass is 16.3. The van der Waals surface area contributed by atoms with Gasteiger partial charge in [0.1, 0.15) is 0 Å². The van der Waals surface area contributed by atoms with Crippen molar-refractivity contribution in [1.29, 1.82) is 5.26 Å². The molecule has 0 aliphatic rings. The molecule has 0 fully saturated rings. The zero-order valence-electron chi connectivity index (χ0n) is 6.54. The lowest BCUT2D eigenvalue weighted by Crippen LogP contribution is -2.28. The topological polar surface area (TPSA) is 47.3 Å². The summed E-state index contributed by atoms with van der Waals surface area (Å²) in [5.74, 6) is 0. The summed E-state index contributed by atoms with van der Waals surface area (Å²) in [6, 6.07) is 2.07. The zero-order valence-corrected chi connectivity index (χ0v) is 6.54. The van der Waals surface area contributed by atoms with Gasteiger partial charge < -0.3 is 5.11 Å². The Balaban J connectivity index is 3.43. The van der Waals surface area contributed by atoms with Crippen molar-refractivity contribution in [3.8, 4) is 6.07 Å². The van der Waals surface area contributed by atoms with Crippen LogP contribution < -0.4 is 0 Å².